The molecule has 1 aliphatic rings. The quantitative estimate of drug-likeness (QED) is 0.847. The van der Waals surface area contributed by atoms with Gasteiger partial charge in [-0.2, -0.15) is 0 Å². The van der Waals surface area contributed by atoms with Gasteiger partial charge in [0.25, 0.3) is 0 Å². The fraction of sp³-hybridized carbons (Fsp3) is 0.474. The number of anilines is 1. The van der Waals surface area contributed by atoms with E-state index in [4.69, 9.17) is 4.74 Å². The fourth-order valence-corrected chi connectivity index (χ4v) is 3.27. The highest BCUT2D eigenvalue weighted by molar-refractivity contribution is 5.94. The summed E-state index contributed by atoms with van der Waals surface area (Å²) in [6, 6.07) is 7.35. The summed E-state index contributed by atoms with van der Waals surface area (Å²) in [5.41, 5.74) is 0.797. The molecule has 25 heavy (non-hydrogen) atoms. The molecular weight excluding hydrogens is 316 g/mol. The second-order valence-electron chi connectivity index (χ2n) is 6.41. The van der Waals surface area contributed by atoms with Crippen molar-refractivity contribution in [3.8, 4) is 5.75 Å². The number of rotatable bonds is 6. The fourth-order valence-electron chi connectivity index (χ4n) is 3.27. The molecule has 0 aliphatic carbocycles. The number of hydrogen-bond donors (Lipinski definition) is 2. The number of aromatic nitrogens is 2. The molecule has 6 heteroatoms. The lowest BCUT2D eigenvalue weighted by molar-refractivity contribution is -0.121. The van der Waals surface area contributed by atoms with Crippen molar-refractivity contribution in [3.63, 3.8) is 0 Å². The Kier molecular flexibility index (Phi) is 5.71. The summed E-state index contributed by atoms with van der Waals surface area (Å²) >= 11 is 0. The van der Waals surface area contributed by atoms with E-state index in [2.05, 4.69) is 20.2 Å². The van der Waals surface area contributed by atoms with Crippen LogP contribution in [0.25, 0.3) is 0 Å². The summed E-state index contributed by atoms with van der Waals surface area (Å²) in [5, 5.41) is 2.99. The number of aromatic amines is 1. The van der Waals surface area contributed by atoms with Crippen LogP contribution >= 0.6 is 0 Å². The van der Waals surface area contributed by atoms with Gasteiger partial charge in [-0.1, -0.05) is 0 Å². The predicted octanol–water partition coefficient (Wildman–Crippen LogP) is 3.02. The van der Waals surface area contributed by atoms with E-state index in [1.165, 1.54) is 0 Å². The van der Waals surface area contributed by atoms with Crippen LogP contribution in [0.5, 0.6) is 5.75 Å². The van der Waals surface area contributed by atoms with Crippen LogP contribution in [0.4, 0.5) is 5.69 Å². The van der Waals surface area contributed by atoms with E-state index in [1.807, 2.05) is 44.3 Å². The van der Waals surface area contributed by atoms with Gasteiger partial charge in [-0.3, -0.25) is 9.69 Å². The molecule has 2 N–H and O–H groups in total. The summed E-state index contributed by atoms with van der Waals surface area (Å²) in [7, 11) is 0. The van der Waals surface area contributed by atoms with E-state index in [9.17, 15) is 4.79 Å². The third-order valence-corrected chi connectivity index (χ3v) is 4.80. The van der Waals surface area contributed by atoms with Crippen LogP contribution in [-0.2, 0) is 4.79 Å². The molecule has 1 aromatic heterocycles. The molecular formula is C19H26N4O2. The average molecular weight is 342 g/mol. The second kappa shape index (κ2) is 8.16. The van der Waals surface area contributed by atoms with E-state index in [-0.39, 0.29) is 11.9 Å². The SMILES string of the molecule is CCOc1ccc(NC(=O)C(C)N2CCC(c3ncc[nH]3)CC2)cc1. The number of hydrogen-bond acceptors (Lipinski definition) is 4. The van der Waals surface area contributed by atoms with E-state index < -0.39 is 0 Å². The first kappa shape index (κ1) is 17.5. The number of piperidine rings is 1. The average Bonchev–Trinajstić information content (AvgIpc) is 3.18. The first-order valence-corrected chi connectivity index (χ1v) is 8.94. The van der Waals surface area contributed by atoms with Crippen molar-refractivity contribution in [2.45, 2.75) is 38.6 Å². The molecule has 1 aromatic carbocycles. The molecule has 1 unspecified atom stereocenters. The lowest BCUT2D eigenvalue weighted by Crippen LogP contribution is -2.45. The lowest BCUT2D eigenvalue weighted by Gasteiger charge is -2.34. The Bertz CT molecular complexity index is 661. The highest BCUT2D eigenvalue weighted by atomic mass is 16.5. The van der Waals surface area contributed by atoms with Gasteiger partial charge in [0.15, 0.2) is 0 Å². The monoisotopic (exact) mass is 342 g/mol. The Labute approximate surface area is 148 Å². The number of carbonyl (C=O) groups is 1. The summed E-state index contributed by atoms with van der Waals surface area (Å²) in [5.74, 6) is 2.37. The first-order valence-electron chi connectivity index (χ1n) is 8.94. The normalized spacial score (nSPS) is 17.2. The number of nitrogens with zero attached hydrogens (tertiary/aromatic N) is 2. The van der Waals surface area contributed by atoms with Crippen molar-refractivity contribution < 1.29 is 9.53 Å². The number of benzene rings is 1. The van der Waals surface area contributed by atoms with Crippen LogP contribution in [0.2, 0.25) is 0 Å². The smallest absolute Gasteiger partial charge is 0.241 e. The summed E-state index contributed by atoms with van der Waals surface area (Å²) in [6.45, 7) is 6.37. The highest BCUT2D eigenvalue weighted by Crippen LogP contribution is 2.26. The van der Waals surface area contributed by atoms with Gasteiger partial charge in [-0.05, 0) is 64.0 Å². The molecule has 2 aromatic rings. The van der Waals surface area contributed by atoms with Gasteiger partial charge in [0, 0.05) is 24.0 Å². The first-order chi connectivity index (χ1) is 12.2. The van der Waals surface area contributed by atoms with E-state index in [0.29, 0.717) is 12.5 Å². The van der Waals surface area contributed by atoms with Gasteiger partial charge in [0.1, 0.15) is 11.6 Å². The molecule has 3 rings (SSSR count). The molecule has 134 valence electrons. The number of ether oxygens (including phenoxy) is 1. The predicted molar refractivity (Wildman–Crippen MR) is 97.8 cm³/mol. The molecule has 6 nitrogen and oxygen atoms in total. The minimum atomic E-state index is -0.149. The maximum atomic E-state index is 12.5. The molecule has 1 saturated heterocycles. The van der Waals surface area contributed by atoms with Crippen molar-refractivity contribution in [2.75, 3.05) is 25.0 Å². The minimum absolute atomic E-state index is 0.0283. The van der Waals surface area contributed by atoms with Crippen molar-refractivity contribution in [1.82, 2.24) is 14.9 Å². The Balaban J connectivity index is 1.50. The van der Waals surface area contributed by atoms with Crippen LogP contribution in [0, 0.1) is 0 Å². The standard InChI is InChI=1S/C19H26N4O2/c1-3-25-17-6-4-16(5-7-17)22-19(24)14(2)23-12-8-15(9-13-23)18-20-10-11-21-18/h4-7,10-11,14-15H,3,8-9,12-13H2,1-2H3,(H,20,21)(H,22,24). The number of likely N-dealkylation sites (tertiary alicyclic amines) is 1. The molecule has 0 spiro atoms. The van der Waals surface area contributed by atoms with Crippen molar-refractivity contribution >= 4 is 11.6 Å². The van der Waals surface area contributed by atoms with Crippen LogP contribution in [0.3, 0.4) is 0 Å². The zero-order valence-electron chi connectivity index (χ0n) is 14.9. The molecule has 0 bridgehead atoms. The molecule has 1 fully saturated rings. The third-order valence-electron chi connectivity index (χ3n) is 4.80. The number of H-pyrrole nitrogens is 1. The maximum Gasteiger partial charge on any atom is 0.241 e. The summed E-state index contributed by atoms with van der Waals surface area (Å²) in [4.78, 5) is 22.3. The van der Waals surface area contributed by atoms with Crippen molar-refractivity contribution in [3.05, 3.63) is 42.5 Å². The van der Waals surface area contributed by atoms with Gasteiger partial charge in [0.2, 0.25) is 5.91 Å². The molecule has 2 heterocycles. The number of imidazole rings is 1. The zero-order valence-corrected chi connectivity index (χ0v) is 14.9. The highest BCUT2D eigenvalue weighted by Gasteiger charge is 2.28. The van der Waals surface area contributed by atoms with Gasteiger partial charge in [-0.15, -0.1) is 0 Å². The molecule has 0 radical (unpaired) electrons. The molecule has 0 saturated carbocycles. The lowest BCUT2D eigenvalue weighted by atomic mass is 9.95. The van der Waals surface area contributed by atoms with Crippen LogP contribution in [0.1, 0.15) is 38.4 Å². The van der Waals surface area contributed by atoms with Gasteiger partial charge in [-0.25, -0.2) is 4.98 Å². The number of nitrogens with one attached hydrogen (secondary N) is 2. The van der Waals surface area contributed by atoms with Gasteiger partial charge >= 0.3 is 0 Å². The third kappa shape index (κ3) is 4.39. The maximum absolute atomic E-state index is 12.5. The van der Waals surface area contributed by atoms with E-state index >= 15 is 0 Å². The Morgan fingerprint density at radius 2 is 2.08 bits per heavy atom. The number of amides is 1. The minimum Gasteiger partial charge on any atom is -0.494 e. The zero-order chi connectivity index (χ0) is 17.6. The molecule has 1 atom stereocenters. The van der Waals surface area contributed by atoms with Gasteiger partial charge < -0.3 is 15.0 Å². The van der Waals surface area contributed by atoms with E-state index in [0.717, 1.165) is 43.2 Å². The van der Waals surface area contributed by atoms with Crippen LogP contribution < -0.4 is 10.1 Å². The largest absolute Gasteiger partial charge is 0.494 e. The topological polar surface area (TPSA) is 70.2 Å². The second-order valence-corrected chi connectivity index (χ2v) is 6.41. The van der Waals surface area contributed by atoms with Crippen LogP contribution in [-0.4, -0.2) is 46.5 Å². The Morgan fingerprint density at radius 1 is 1.36 bits per heavy atom. The molecule has 1 amide bonds. The van der Waals surface area contributed by atoms with Crippen LogP contribution in [0.15, 0.2) is 36.7 Å². The van der Waals surface area contributed by atoms with Gasteiger partial charge in [0.05, 0.1) is 12.6 Å². The summed E-state index contributed by atoms with van der Waals surface area (Å²) < 4.78 is 5.42. The van der Waals surface area contributed by atoms with Crippen molar-refractivity contribution in [2.24, 2.45) is 0 Å². The Morgan fingerprint density at radius 3 is 2.68 bits per heavy atom. The van der Waals surface area contributed by atoms with Crippen molar-refractivity contribution in [1.29, 1.82) is 0 Å². The molecule has 1 aliphatic heterocycles. The Hall–Kier alpha value is -2.34. The number of carbonyl (C=O) groups excluding carboxylic acids is 1. The summed E-state index contributed by atoms with van der Waals surface area (Å²) in [6.07, 6.45) is 5.71. The van der Waals surface area contributed by atoms with E-state index in [1.54, 1.807) is 6.20 Å².